The minimum absolute atomic E-state index is 0.0729. The Kier molecular flexibility index (Phi) is 3.70. The zero-order chi connectivity index (χ0) is 16.4. The Morgan fingerprint density at radius 2 is 2.42 bits per heavy atom. The van der Waals surface area contributed by atoms with Crippen LogP contribution in [-0.2, 0) is 4.79 Å². The number of nitrogens with one attached hydrogen (secondary N) is 1. The highest BCUT2D eigenvalue weighted by atomic mass is 16.3. The molecular weight excluding hydrogens is 308 g/mol. The van der Waals surface area contributed by atoms with Gasteiger partial charge in [0.15, 0.2) is 5.82 Å². The number of carbonyl (C=O) groups excluding carboxylic acids is 1. The molecule has 1 unspecified atom stereocenters. The van der Waals surface area contributed by atoms with Gasteiger partial charge in [-0.25, -0.2) is 4.98 Å². The fraction of sp³-hybridized carbons (Fsp3) is 0.250. The third-order valence-corrected chi connectivity index (χ3v) is 3.97. The molecule has 122 valence electrons. The van der Waals surface area contributed by atoms with E-state index in [1.807, 2.05) is 10.6 Å². The van der Waals surface area contributed by atoms with Crippen LogP contribution in [0.15, 0.2) is 47.6 Å². The highest BCUT2D eigenvalue weighted by molar-refractivity contribution is 5.91. The molecule has 1 saturated heterocycles. The number of furan rings is 1. The Morgan fingerprint density at radius 1 is 1.46 bits per heavy atom. The molecule has 1 aliphatic rings. The molecule has 4 heterocycles. The van der Waals surface area contributed by atoms with E-state index >= 15 is 0 Å². The Hall–Kier alpha value is -3.16. The largest absolute Gasteiger partial charge is 0.465 e. The van der Waals surface area contributed by atoms with Gasteiger partial charge in [0.25, 0.3) is 0 Å². The molecule has 1 atom stereocenters. The minimum Gasteiger partial charge on any atom is -0.465 e. The predicted molar refractivity (Wildman–Crippen MR) is 87.3 cm³/mol. The summed E-state index contributed by atoms with van der Waals surface area (Å²) in [7, 11) is 0. The Balaban J connectivity index is 1.40. The van der Waals surface area contributed by atoms with E-state index in [0.29, 0.717) is 12.3 Å². The van der Waals surface area contributed by atoms with Crippen molar-refractivity contribution in [1.82, 2.24) is 24.9 Å². The van der Waals surface area contributed by atoms with Crippen molar-refractivity contribution < 1.29 is 9.21 Å². The van der Waals surface area contributed by atoms with Gasteiger partial charge in [-0.3, -0.25) is 9.20 Å². The summed E-state index contributed by atoms with van der Waals surface area (Å²) in [6.07, 6.45) is 10.8. The summed E-state index contributed by atoms with van der Waals surface area (Å²) in [5.41, 5.74) is 0.724. The topological polar surface area (TPSA) is 88.6 Å². The Morgan fingerprint density at radius 3 is 3.29 bits per heavy atom. The van der Waals surface area contributed by atoms with Gasteiger partial charge in [0.1, 0.15) is 12.1 Å². The van der Waals surface area contributed by atoms with Gasteiger partial charge in [-0.2, -0.15) is 0 Å². The maximum Gasteiger partial charge on any atom is 0.244 e. The highest BCUT2D eigenvalue weighted by Gasteiger charge is 2.26. The monoisotopic (exact) mass is 324 g/mol. The molecule has 1 N–H and O–H groups in total. The van der Waals surface area contributed by atoms with Crippen molar-refractivity contribution >= 4 is 23.4 Å². The lowest BCUT2D eigenvalue weighted by Crippen LogP contribution is -2.36. The van der Waals surface area contributed by atoms with Gasteiger partial charge in [-0.15, -0.1) is 10.2 Å². The second kappa shape index (κ2) is 6.15. The number of rotatable bonds is 4. The predicted octanol–water partition coefficient (Wildman–Crippen LogP) is 1.13. The average molecular weight is 324 g/mol. The molecule has 1 fully saturated rings. The SMILES string of the molecule is O=C(C=Cc1ccco1)NC1CCN(c2nccn3cnnc23)C1. The number of fused-ring (bicyclic) bond motifs is 1. The van der Waals surface area contributed by atoms with Crippen LogP contribution in [0.2, 0.25) is 0 Å². The van der Waals surface area contributed by atoms with E-state index in [1.54, 1.807) is 37.0 Å². The van der Waals surface area contributed by atoms with E-state index in [9.17, 15) is 4.79 Å². The van der Waals surface area contributed by atoms with Crippen LogP contribution in [0.5, 0.6) is 0 Å². The van der Waals surface area contributed by atoms with E-state index in [-0.39, 0.29) is 11.9 Å². The maximum absolute atomic E-state index is 12.0. The molecule has 0 aromatic carbocycles. The van der Waals surface area contributed by atoms with Crippen LogP contribution in [0.3, 0.4) is 0 Å². The Labute approximate surface area is 137 Å². The molecule has 0 radical (unpaired) electrons. The van der Waals surface area contributed by atoms with Crippen molar-refractivity contribution in [3.63, 3.8) is 0 Å². The molecular formula is C16H16N6O2. The average Bonchev–Trinajstić information content (AvgIpc) is 3.33. The van der Waals surface area contributed by atoms with E-state index in [4.69, 9.17) is 4.42 Å². The van der Waals surface area contributed by atoms with Crippen LogP contribution >= 0.6 is 0 Å². The quantitative estimate of drug-likeness (QED) is 0.724. The van der Waals surface area contributed by atoms with Gasteiger partial charge < -0.3 is 14.6 Å². The lowest BCUT2D eigenvalue weighted by Gasteiger charge is -2.17. The van der Waals surface area contributed by atoms with E-state index in [2.05, 4.69) is 25.4 Å². The molecule has 0 aliphatic carbocycles. The normalized spacial score (nSPS) is 17.8. The lowest BCUT2D eigenvalue weighted by atomic mass is 10.2. The van der Waals surface area contributed by atoms with Crippen molar-refractivity contribution in [2.45, 2.75) is 12.5 Å². The van der Waals surface area contributed by atoms with Crippen molar-refractivity contribution in [1.29, 1.82) is 0 Å². The van der Waals surface area contributed by atoms with Crippen molar-refractivity contribution in [3.8, 4) is 0 Å². The molecule has 3 aromatic rings. The number of nitrogens with zero attached hydrogens (tertiary/aromatic N) is 5. The van der Waals surface area contributed by atoms with Gasteiger partial charge in [-0.1, -0.05) is 0 Å². The molecule has 1 amide bonds. The molecule has 0 saturated carbocycles. The van der Waals surface area contributed by atoms with E-state index in [1.165, 1.54) is 6.08 Å². The molecule has 0 bridgehead atoms. The number of hydrogen-bond donors (Lipinski definition) is 1. The Bertz CT molecular complexity index is 870. The zero-order valence-electron chi connectivity index (χ0n) is 12.9. The number of hydrogen-bond acceptors (Lipinski definition) is 6. The summed E-state index contributed by atoms with van der Waals surface area (Å²) in [5.74, 6) is 1.31. The number of carbonyl (C=O) groups is 1. The number of amides is 1. The molecule has 8 heteroatoms. The summed E-state index contributed by atoms with van der Waals surface area (Å²) in [4.78, 5) is 18.5. The van der Waals surface area contributed by atoms with Crippen LogP contribution in [0, 0.1) is 0 Å². The lowest BCUT2D eigenvalue weighted by molar-refractivity contribution is -0.117. The molecule has 0 spiro atoms. The van der Waals surface area contributed by atoms with Gasteiger partial charge >= 0.3 is 0 Å². The second-order valence-corrected chi connectivity index (χ2v) is 5.60. The molecule has 24 heavy (non-hydrogen) atoms. The van der Waals surface area contributed by atoms with Crippen molar-refractivity contribution in [3.05, 3.63) is 49.0 Å². The number of aromatic nitrogens is 4. The molecule has 3 aromatic heterocycles. The molecule has 1 aliphatic heterocycles. The van der Waals surface area contributed by atoms with Gasteiger partial charge in [0, 0.05) is 37.6 Å². The summed E-state index contributed by atoms with van der Waals surface area (Å²) in [6, 6.07) is 3.65. The molecule has 4 rings (SSSR count). The van der Waals surface area contributed by atoms with Crippen LogP contribution < -0.4 is 10.2 Å². The zero-order valence-corrected chi connectivity index (χ0v) is 12.9. The maximum atomic E-state index is 12.0. The first kappa shape index (κ1) is 14.4. The van der Waals surface area contributed by atoms with Crippen LogP contribution in [0.4, 0.5) is 5.82 Å². The van der Waals surface area contributed by atoms with E-state index < -0.39 is 0 Å². The summed E-state index contributed by atoms with van der Waals surface area (Å²) < 4.78 is 7.00. The fourth-order valence-electron chi connectivity index (χ4n) is 2.83. The van der Waals surface area contributed by atoms with Gasteiger partial charge in [0.2, 0.25) is 11.6 Å². The summed E-state index contributed by atoms with van der Waals surface area (Å²) in [5, 5.41) is 11.0. The number of anilines is 1. The van der Waals surface area contributed by atoms with Crippen LogP contribution in [0.25, 0.3) is 11.7 Å². The third-order valence-electron chi connectivity index (χ3n) is 3.97. The van der Waals surface area contributed by atoms with Crippen molar-refractivity contribution in [2.75, 3.05) is 18.0 Å². The molecule has 8 nitrogen and oxygen atoms in total. The van der Waals surface area contributed by atoms with Crippen LogP contribution in [0.1, 0.15) is 12.2 Å². The van der Waals surface area contributed by atoms with Crippen LogP contribution in [-0.4, -0.2) is 44.6 Å². The summed E-state index contributed by atoms with van der Waals surface area (Å²) >= 11 is 0. The van der Waals surface area contributed by atoms with Gasteiger partial charge in [0.05, 0.1) is 6.26 Å². The van der Waals surface area contributed by atoms with Crippen molar-refractivity contribution in [2.24, 2.45) is 0 Å². The first-order chi connectivity index (χ1) is 11.8. The highest BCUT2D eigenvalue weighted by Crippen LogP contribution is 2.21. The van der Waals surface area contributed by atoms with Gasteiger partial charge in [-0.05, 0) is 24.6 Å². The smallest absolute Gasteiger partial charge is 0.244 e. The first-order valence-corrected chi connectivity index (χ1v) is 7.71. The minimum atomic E-state index is -0.133. The van der Waals surface area contributed by atoms with E-state index in [0.717, 1.165) is 24.4 Å². The summed E-state index contributed by atoms with van der Waals surface area (Å²) in [6.45, 7) is 1.51. The second-order valence-electron chi connectivity index (χ2n) is 5.60. The standard InChI is InChI=1S/C16H16N6O2/c23-14(4-3-13-2-1-9-24-13)19-12-5-7-21(10-12)15-16-20-18-11-22(16)8-6-17-15/h1-4,6,8-9,11-12H,5,7,10H2,(H,19,23). The fourth-order valence-corrected chi connectivity index (χ4v) is 2.83. The first-order valence-electron chi connectivity index (χ1n) is 7.71. The third kappa shape index (κ3) is 2.85.